The molecule has 0 spiro atoms. The van der Waals surface area contributed by atoms with Crippen LogP contribution in [0.1, 0.15) is 0 Å². The van der Waals surface area contributed by atoms with Gasteiger partial charge in [-0.1, -0.05) is 0 Å². The van der Waals surface area contributed by atoms with Gasteiger partial charge >= 0.3 is 0 Å². The first-order chi connectivity index (χ1) is 0. The Bertz CT molecular complexity index is 8.00. The minimum absolute atomic E-state index is 0. The third kappa shape index (κ3) is 9.20. The van der Waals surface area contributed by atoms with E-state index in [1.54, 1.807) is 0 Å². The molecule has 0 aromatic heterocycles. The second kappa shape index (κ2) is 15.9. The summed E-state index contributed by atoms with van der Waals surface area (Å²) in [6.45, 7) is 0. The molecule has 0 fully saturated rings. The summed E-state index contributed by atoms with van der Waals surface area (Å²) < 4.78 is 0. The van der Waals surface area contributed by atoms with Gasteiger partial charge in [0.05, 0.1) is 0 Å². The van der Waals surface area contributed by atoms with Crippen LogP contribution in [0.5, 0.6) is 0 Å². The molecule has 4 heteroatoms. The maximum Gasteiger partial charge on any atom is 0 e. The standard InChI is InChI=1S/Co.Cu.La.Sr. The zero-order valence-electron chi connectivity index (χ0n) is 1.92. The van der Waals surface area contributed by atoms with E-state index in [4.69, 9.17) is 0 Å². The van der Waals surface area contributed by atoms with E-state index in [1.807, 2.05) is 0 Å². The van der Waals surface area contributed by atoms with Gasteiger partial charge in [-0.15, -0.1) is 0 Å². The normalized spacial score (nSPS) is 0. The summed E-state index contributed by atoms with van der Waals surface area (Å²) in [5.74, 6) is 0. The zero-order chi connectivity index (χ0) is 0. The maximum absolute atomic E-state index is 0. The van der Waals surface area contributed by atoms with E-state index in [0.29, 0.717) is 0 Å². The molecule has 5 radical (unpaired) electrons. The van der Waals surface area contributed by atoms with E-state index in [0.717, 1.165) is 0 Å². The van der Waals surface area contributed by atoms with Gasteiger partial charge in [-0.2, -0.15) is 0 Å². The maximum atomic E-state index is 0. The molecule has 0 heterocycles. The van der Waals surface area contributed by atoms with Crippen LogP contribution in [0.25, 0.3) is 0 Å². The third-order valence-electron chi connectivity index (χ3n) is 0. The summed E-state index contributed by atoms with van der Waals surface area (Å²) in [6.07, 6.45) is 0. The topological polar surface area (TPSA) is 0 Å². The zero-order valence-corrected chi connectivity index (χ0v) is 11.0. The molecule has 0 unspecified atom stereocenters. The largest absolute Gasteiger partial charge is 0 e. The van der Waals surface area contributed by atoms with Gasteiger partial charge in [-0.3, -0.25) is 0 Å². The van der Waals surface area contributed by atoms with Crippen LogP contribution >= 0.6 is 0 Å². The summed E-state index contributed by atoms with van der Waals surface area (Å²) in [7, 11) is 0. The van der Waals surface area contributed by atoms with Crippen LogP contribution < -0.4 is 0 Å². The average Bonchev–Trinajstić information content (AvgIpc) is 0. The van der Waals surface area contributed by atoms with Crippen LogP contribution in [-0.2, 0) is 33.8 Å². The van der Waals surface area contributed by atoms with Crippen LogP contribution in [0.2, 0.25) is 0 Å². The van der Waals surface area contributed by atoms with Crippen molar-refractivity contribution in [3.63, 3.8) is 0 Å². The number of hydrogen-bond donors (Lipinski definition) is 0. The van der Waals surface area contributed by atoms with E-state index < -0.39 is 0 Å². The van der Waals surface area contributed by atoms with Crippen molar-refractivity contribution in [3.05, 3.63) is 0 Å². The van der Waals surface area contributed by atoms with Crippen LogP contribution in [-0.4, -0.2) is 45.5 Å². The van der Waals surface area contributed by atoms with Crippen molar-refractivity contribution in [1.29, 1.82) is 0 Å². The second-order valence-corrected chi connectivity index (χ2v) is 0. The van der Waals surface area contributed by atoms with Crippen molar-refractivity contribution < 1.29 is 69.4 Å². The van der Waals surface area contributed by atoms with Gasteiger partial charge in [0, 0.05) is 115 Å². The Kier molecular flexibility index (Phi) is 100. The molecule has 0 aliphatic carbocycles. The van der Waals surface area contributed by atoms with Gasteiger partial charge in [0.1, 0.15) is 0 Å². The molecular weight excluding hydrogens is 349 g/mol. The number of rotatable bonds is 0. The van der Waals surface area contributed by atoms with Crippen molar-refractivity contribution in [2.24, 2.45) is 0 Å². The summed E-state index contributed by atoms with van der Waals surface area (Å²) in [5.41, 5.74) is 0. The van der Waals surface area contributed by atoms with Gasteiger partial charge in [0.2, 0.25) is 0 Å². The van der Waals surface area contributed by atoms with E-state index in [1.165, 1.54) is 0 Å². The monoisotopic (exact) mass is 349 g/mol. The first-order valence-electron chi connectivity index (χ1n) is 0. The summed E-state index contributed by atoms with van der Waals surface area (Å²) >= 11 is 0. The molecular formula is CoCuLaSr. The predicted octanol–water partition coefficient (Wildman–Crippen LogP) is -0.386. The third-order valence-corrected chi connectivity index (χ3v) is 0. The fourth-order valence-electron chi connectivity index (χ4n) is 0. The fourth-order valence-corrected chi connectivity index (χ4v) is 0. The Morgan fingerprint density at radius 2 is 1.00 bits per heavy atom. The Hall–Kier alpha value is 3.70. The smallest absolute Gasteiger partial charge is 0 e. The van der Waals surface area contributed by atoms with Crippen LogP contribution in [0.3, 0.4) is 0 Å². The molecule has 0 bridgehead atoms. The van der Waals surface area contributed by atoms with Crippen molar-refractivity contribution >= 4 is 45.5 Å². The van der Waals surface area contributed by atoms with Gasteiger partial charge in [0.25, 0.3) is 0 Å². The van der Waals surface area contributed by atoms with Crippen molar-refractivity contribution in [1.82, 2.24) is 0 Å². The van der Waals surface area contributed by atoms with Crippen LogP contribution in [0, 0.1) is 35.6 Å². The molecule has 25 valence electrons. The van der Waals surface area contributed by atoms with E-state index in [-0.39, 0.29) is 115 Å². The molecule has 0 saturated heterocycles. The first kappa shape index (κ1) is 25.2. The second-order valence-electron chi connectivity index (χ2n) is 0. The fraction of sp³-hybridized carbons (Fsp3) is 0. The molecule has 0 rings (SSSR count). The molecule has 0 aromatic carbocycles. The number of hydrogen-bond acceptors (Lipinski definition) is 0. The van der Waals surface area contributed by atoms with Crippen molar-refractivity contribution in [2.75, 3.05) is 0 Å². The average molecular weight is 349 g/mol. The Morgan fingerprint density at radius 3 is 1.00 bits per heavy atom. The molecule has 0 saturated carbocycles. The molecule has 4 heavy (non-hydrogen) atoms. The Morgan fingerprint density at radius 1 is 1.00 bits per heavy atom. The first-order valence-corrected chi connectivity index (χ1v) is 0. The van der Waals surface area contributed by atoms with E-state index in [9.17, 15) is 0 Å². The minimum atomic E-state index is 0. The molecule has 0 aliphatic heterocycles. The van der Waals surface area contributed by atoms with Crippen molar-refractivity contribution in [3.8, 4) is 0 Å². The summed E-state index contributed by atoms with van der Waals surface area (Å²) in [5, 5.41) is 0. The summed E-state index contributed by atoms with van der Waals surface area (Å²) in [6, 6.07) is 0. The summed E-state index contributed by atoms with van der Waals surface area (Å²) in [4.78, 5) is 0. The quantitative estimate of drug-likeness (QED) is 0.523. The van der Waals surface area contributed by atoms with E-state index >= 15 is 0 Å². The molecule has 0 aliphatic rings. The Labute approximate surface area is 112 Å². The van der Waals surface area contributed by atoms with Gasteiger partial charge in [0.15, 0.2) is 0 Å². The van der Waals surface area contributed by atoms with Crippen LogP contribution in [0.15, 0.2) is 0 Å². The van der Waals surface area contributed by atoms with Crippen molar-refractivity contribution in [2.45, 2.75) is 0 Å². The van der Waals surface area contributed by atoms with E-state index in [2.05, 4.69) is 0 Å². The Balaban J connectivity index is 0. The molecule has 0 N–H and O–H groups in total. The molecule has 0 aromatic rings. The van der Waals surface area contributed by atoms with Gasteiger partial charge in [-0.25, -0.2) is 0 Å². The van der Waals surface area contributed by atoms with Gasteiger partial charge < -0.3 is 0 Å². The molecule has 0 atom stereocenters. The SMILES string of the molecule is [Co].[Cu].[La].[Sr]. The molecule has 0 nitrogen and oxygen atoms in total. The van der Waals surface area contributed by atoms with Gasteiger partial charge in [-0.05, 0) is 0 Å². The minimum Gasteiger partial charge on any atom is 0 e. The van der Waals surface area contributed by atoms with Crippen LogP contribution in [0.4, 0.5) is 0 Å². The molecule has 0 amide bonds. The predicted molar refractivity (Wildman–Crippen MR) is 5.75 cm³/mol.